The van der Waals surface area contributed by atoms with E-state index in [0.29, 0.717) is 0 Å². The summed E-state index contributed by atoms with van der Waals surface area (Å²) in [6.07, 6.45) is 5.82. The first kappa shape index (κ1) is 10.1. The summed E-state index contributed by atoms with van der Waals surface area (Å²) in [6, 6.07) is 6.05. The Bertz CT molecular complexity index is 474. The molecule has 1 unspecified atom stereocenters. The molecule has 0 spiro atoms. The van der Waals surface area contributed by atoms with E-state index in [2.05, 4.69) is 32.6 Å². The van der Waals surface area contributed by atoms with Gasteiger partial charge in [-0.1, -0.05) is 6.07 Å². The zero-order chi connectivity index (χ0) is 10.8. The Morgan fingerprint density at radius 2 is 2.38 bits per heavy atom. The molecule has 3 rings (SSSR count). The van der Waals surface area contributed by atoms with Gasteiger partial charge in [-0.25, -0.2) is 0 Å². The molecule has 0 aliphatic carbocycles. The van der Waals surface area contributed by atoms with Gasteiger partial charge in [0.25, 0.3) is 0 Å². The second-order valence-electron chi connectivity index (χ2n) is 4.33. The van der Waals surface area contributed by atoms with Crippen LogP contribution in [0.15, 0.2) is 24.4 Å². The Morgan fingerprint density at radius 3 is 3.25 bits per heavy atom. The smallest absolute Gasteiger partial charge is 0.160 e. The Kier molecular flexibility index (Phi) is 2.82. The molecule has 84 valence electrons. The first-order valence-electron chi connectivity index (χ1n) is 5.80. The van der Waals surface area contributed by atoms with Crippen molar-refractivity contribution in [1.29, 1.82) is 0 Å². The van der Waals surface area contributed by atoms with Crippen molar-refractivity contribution in [2.75, 3.05) is 11.5 Å². The highest BCUT2D eigenvalue weighted by atomic mass is 32.2. The molecule has 1 aliphatic heterocycles. The molecule has 0 N–H and O–H groups in total. The number of nitrogens with zero attached hydrogens (tertiary/aromatic N) is 3. The molecule has 0 aromatic carbocycles. The lowest BCUT2D eigenvalue weighted by molar-refractivity contribution is 0.506. The number of fused-ring (bicyclic) bond motifs is 1. The SMILES string of the molecule is c1ccn2c(CC3CCCSC3)nnc2c1. The molecule has 1 saturated heterocycles. The molecule has 0 bridgehead atoms. The average Bonchev–Trinajstić information content (AvgIpc) is 2.74. The van der Waals surface area contributed by atoms with Crippen molar-refractivity contribution in [3.8, 4) is 0 Å². The predicted octanol–water partition coefficient (Wildman–Crippen LogP) is 2.42. The van der Waals surface area contributed by atoms with Crippen LogP contribution in [-0.2, 0) is 6.42 Å². The number of hydrogen-bond acceptors (Lipinski definition) is 3. The molecule has 4 heteroatoms. The van der Waals surface area contributed by atoms with Crippen LogP contribution in [-0.4, -0.2) is 26.1 Å². The van der Waals surface area contributed by atoms with Gasteiger partial charge < -0.3 is 0 Å². The van der Waals surface area contributed by atoms with Gasteiger partial charge >= 0.3 is 0 Å². The van der Waals surface area contributed by atoms with E-state index < -0.39 is 0 Å². The van der Waals surface area contributed by atoms with Crippen LogP contribution in [0, 0.1) is 5.92 Å². The Morgan fingerprint density at radius 1 is 1.38 bits per heavy atom. The van der Waals surface area contributed by atoms with Gasteiger partial charge in [0.2, 0.25) is 0 Å². The molecule has 0 amide bonds. The summed E-state index contributed by atoms with van der Waals surface area (Å²) in [5, 5.41) is 8.48. The topological polar surface area (TPSA) is 30.2 Å². The van der Waals surface area contributed by atoms with Gasteiger partial charge in [-0.3, -0.25) is 4.40 Å². The van der Waals surface area contributed by atoms with Crippen molar-refractivity contribution in [1.82, 2.24) is 14.6 Å². The van der Waals surface area contributed by atoms with Gasteiger partial charge in [-0.05, 0) is 42.4 Å². The van der Waals surface area contributed by atoms with E-state index >= 15 is 0 Å². The molecular weight excluding hydrogens is 218 g/mol. The third-order valence-electron chi connectivity index (χ3n) is 3.11. The van der Waals surface area contributed by atoms with Crippen molar-refractivity contribution in [3.05, 3.63) is 30.2 Å². The van der Waals surface area contributed by atoms with E-state index in [0.717, 1.165) is 23.8 Å². The molecule has 2 aromatic rings. The van der Waals surface area contributed by atoms with Crippen LogP contribution in [0.1, 0.15) is 18.7 Å². The fourth-order valence-corrected chi connectivity index (χ4v) is 3.41. The maximum atomic E-state index is 4.29. The summed E-state index contributed by atoms with van der Waals surface area (Å²) in [5.41, 5.74) is 0.959. The molecule has 2 aromatic heterocycles. The minimum atomic E-state index is 0.784. The van der Waals surface area contributed by atoms with Gasteiger partial charge in [0, 0.05) is 12.6 Å². The zero-order valence-corrected chi connectivity index (χ0v) is 9.99. The van der Waals surface area contributed by atoms with Crippen molar-refractivity contribution < 1.29 is 0 Å². The molecule has 1 fully saturated rings. The zero-order valence-electron chi connectivity index (χ0n) is 9.17. The Labute approximate surface area is 99.3 Å². The van der Waals surface area contributed by atoms with E-state index in [4.69, 9.17) is 0 Å². The first-order valence-corrected chi connectivity index (χ1v) is 6.95. The molecule has 3 heterocycles. The Balaban J connectivity index is 1.83. The number of rotatable bonds is 2. The highest BCUT2D eigenvalue weighted by molar-refractivity contribution is 7.99. The average molecular weight is 233 g/mol. The summed E-state index contributed by atoms with van der Waals surface area (Å²) in [6.45, 7) is 0. The second-order valence-corrected chi connectivity index (χ2v) is 5.48. The van der Waals surface area contributed by atoms with Gasteiger partial charge in [-0.15, -0.1) is 10.2 Å². The number of hydrogen-bond donors (Lipinski definition) is 0. The summed E-state index contributed by atoms with van der Waals surface area (Å²) in [5.74, 6) is 4.51. The minimum absolute atomic E-state index is 0.784. The lowest BCUT2D eigenvalue weighted by Crippen LogP contribution is -2.14. The fourth-order valence-electron chi connectivity index (χ4n) is 2.26. The molecule has 1 aliphatic rings. The first-order chi connectivity index (χ1) is 7.93. The standard InChI is InChI=1S/C12H15N3S/c1-2-6-15-11(5-1)13-14-12(15)8-10-4-3-7-16-9-10/h1-2,5-6,10H,3-4,7-9H2. The highest BCUT2D eigenvalue weighted by Gasteiger charge is 2.17. The van der Waals surface area contributed by atoms with E-state index in [1.54, 1.807) is 0 Å². The quantitative estimate of drug-likeness (QED) is 0.798. The maximum absolute atomic E-state index is 4.29. The van der Waals surface area contributed by atoms with Gasteiger partial charge in [0.05, 0.1) is 0 Å². The van der Waals surface area contributed by atoms with Crippen molar-refractivity contribution in [3.63, 3.8) is 0 Å². The van der Waals surface area contributed by atoms with Gasteiger partial charge in [0.1, 0.15) is 5.82 Å². The lowest BCUT2D eigenvalue weighted by Gasteiger charge is -2.20. The largest absolute Gasteiger partial charge is 0.286 e. The summed E-state index contributed by atoms with van der Waals surface area (Å²) in [4.78, 5) is 0. The van der Waals surface area contributed by atoms with Crippen molar-refractivity contribution in [2.45, 2.75) is 19.3 Å². The van der Waals surface area contributed by atoms with Gasteiger partial charge in [-0.2, -0.15) is 11.8 Å². The van der Waals surface area contributed by atoms with E-state index in [1.165, 1.54) is 24.3 Å². The van der Waals surface area contributed by atoms with E-state index in [1.807, 2.05) is 18.2 Å². The molecule has 1 atom stereocenters. The van der Waals surface area contributed by atoms with Gasteiger partial charge in [0.15, 0.2) is 5.65 Å². The summed E-state index contributed by atoms with van der Waals surface area (Å²) in [7, 11) is 0. The van der Waals surface area contributed by atoms with Crippen molar-refractivity contribution >= 4 is 17.4 Å². The molecule has 3 nitrogen and oxygen atoms in total. The minimum Gasteiger partial charge on any atom is -0.286 e. The fraction of sp³-hybridized carbons (Fsp3) is 0.500. The third-order valence-corrected chi connectivity index (χ3v) is 4.39. The number of pyridine rings is 1. The second kappa shape index (κ2) is 4.45. The highest BCUT2D eigenvalue weighted by Crippen LogP contribution is 2.25. The van der Waals surface area contributed by atoms with Crippen LogP contribution in [0.25, 0.3) is 5.65 Å². The van der Waals surface area contributed by atoms with E-state index in [-0.39, 0.29) is 0 Å². The van der Waals surface area contributed by atoms with Crippen LogP contribution >= 0.6 is 11.8 Å². The summed E-state index contributed by atoms with van der Waals surface area (Å²) < 4.78 is 2.11. The summed E-state index contributed by atoms with van der Waals surface area (Å²) >= 11 is 2.07. The molecule has 0 saturated carbocycles. The third kappa shape index (κ3) is 1.94. The van der Waals surface area contributed by atoms with Crippen LogP contribution < -0.4 is 0 Å². The predicted molar refractivity (Wildman–Crippen MR) is 66.7 cm³/mol. The molecule has 0 radical (unpaired) electrons. The lowest BCUT2D eigenvalue weighted by atomic mass is 10.0. The van der Waals surface area contributed by atoms with Crippen LogP contribution in [0.4, 0.5) is 0 Å². The maximum Gasteiger partial charge on any atom is 0.160 e. The van der Waals surface area contributed by atoms with Crippen LogP contribution in [0.3, 0.4) is 0 Å². The molecule has 16 heavy (non-hydrogen) atoms. The van der Waals surface area contributed by atoms with E-state index in [9.17, 15) is 0 Å². The Hall–Kier alpha value is -1.03. The molecular formula is C12H15N3S. The monoisotopic (exact) mass is 233 g/mol. The van der Waals surface area contributed by atoms with Crippen LogP contribution in [0.2, 0.25) is 0 Å². The van der Waals surface area contributed by atoms with Crippen molar-refractivity contribution in [2.24, 2.45) is 5.92 Å². The van der Waals surface area contributed by atoms with Crippen LogP contribution in [0.5, 0.6) is 0 Å². The number of thioether (sulfide) groups is 1. The number of aromatic nitrogens is 3. The normalized spacial score (nSPS) is 21.4.